The van der Waals surface area contributed by atoms with Crippen molar-refractivity contribution in [3.05, 3.63) is 75.3 Å². The molecule has 5 heteroatoms. The average Bonchev–Trinajstić information content (AvgIpc) is 2.49. The second-order valence-corrected chi connectivity index (χ2v) is 4.88. The molecule has 0 fully saturated rings. The molecule has 22 heavy (non-hydrogen) atoms. The summed E-state index contributed by atoms with van der Waals surface area (Å²) in [5, 5.41) is 15.0. The van der Waals surface area contributed by atoms with Crippen molar-refractivity contribution in [1.29, 1.82) is 0 Å². The molecular formula is C17H17N3O2. The Labute approximate surface area is 129 Å². The van der Waals surface area contributed by atoms with Gasteiger partial charge in [0.05, 0.1) is 16.2 Å². The summed E-state index contributed by atoms with van der Waals surface area (Å²) >= 11 is 0. The Balaban J connectivity index is 2.02. The molecule has 0 aliphatic carbocycles. The molecule has 0 saturated heterocycles. The summed E-state index contributed by atoms with van der Waals surface area (Å²) in [6.45, 7) is 4.05. The molecule has 2 aromatic rings. The normalized spacial score (nSPS) is 11.2. The maximum atomic E-state index is 10.9. The molecule has 0 heterocycles. The summed E-state index contributed by atoms with van der Waals surface area (Å²) in [5.74, 6) is 0. The van der Waals surface area contributed by atoms with E-state index < -0.39 is 4.92 Å². The van der Waals surface area contributed by atoms with Crippen LogP contribution in [0.3, 0.4) is 0 Å². The van der Waals surface area contributed by atoms with Gasteiger partial charge in [0, 0.05) is 12.3 Å². The molecule has 2 rings (SSSR count). The second kappa shape index (κ2) is 7.17. The number of rotatable bonds is 5. The Morgan fingerprint density at radius 3 is 2.68 bits per heavy atom. The van der Waals surface area contributed by atoms with Gasteiger partial charge in [-0.3, -0.25) is 15.5 Å². The van der Waals surface area contributed by atoms with E-state index in [9.17, 15) is 10.1 Å². The first kappa shape index (κ1) is 15.4. The van der Waals surface area contributed by atoms with Crippen molar-refractivity contribution in [3.8, 4) is 0 Å². The second-order valence-electron chi connectivity index (χ2n) is 4.88. The van der Waals surface area contributed by atoms with E-state index in [-0.39, 0.29) is 5.69 Å². The fraction of sp³-hybridized carbons (Fsp3) is 0.118. The van der Waals surface area contributed by atoms with Gasteiger partial charge >= 0.3 is 0 Å². The molecule has 0 aliphatic rings. The number of hydrogen-bond donors (Lipinski definition) is 1. The number of hydrogen-bond acceptors (Lipinski definition) is 4. The Morgan fingerprint density at radius 2 is 1.95 bits per heavy atom. The minimum absolute atomic E-state index is 0.0782. The number of nitrogens with one attached hydrogen (secondary N) is 1. The van der Waals surface area contributed by atoms with Gasteiger partial charge < -0.3 is 0 Å². The molecule has 1 N–H and O–H groups in total. The van der Waals surface area contributed by atoms with Gasteiger partial charge in [0.25, 0.3) is 5.69 Å². The number of para-hydroxylation sites is 1. The zero-order valence-electron chi connectivity index (χ0n) is 12.5. The van der Waals surface area contributed by atoms with Gasteiger partial charge in [-0.05, 0) is 43.7 Å². The van der Waals surface area contributed by atoms with Gasteiger partial charge in [0.2, 0.25) is 0 Å². The van der Waals surface area contributed by atoms with Gasteiger partial charge in [0.15, 0.2) is 0 Å². The predicted molar refractivity (Wildman–Crippen MR) is 90.2 cm³/mol. The fourth-order valence-electron chi connectivity index (χ4n) is 2.03. The summed E-state index contributed by atoms with van der Waals surface area (Å²) in [4.78, 5) is 10.5. The van der Waals surface area contributed by atoms with Gasteiger partial charge in [0.1, 0.15) is 0 Å². The number of anilines is 1. The molecule has 0 atom stereocenters. The van der Waals surface area contributed by atoms with E-state index in [4.69, 9.17) is 0 Å². The quantitative estimate of drug-likeness (QED) is 0.507. The van der Waals surface area contributed by atoms with Crippen molar-refractivity contribution in [2.45, 2.75) is 13.8 Å². The zero-order chi connectivity index (χ0) is 15.9. The molecule has 0 spiro atoms. The van der Waals surface area contributed by atoms with E-state index in [1.165, 1.54) is 11.6 Å². The van der Waals surface area contributed by atoms with E-state index in [0.29, 0.717) is 5.56 Å². The van der Waals surface area contributed by atoms with Crippen LogP contribution in [0.5, 0.6) is 0 Å². The van der Waals surface area contributed by atoms with E-state index in [1.807, 2.05) is 26.0 Å². The lowest BCUT2D eigenvalue weighted by molar-refractivity contribution is -0.385. The van der Waals surface area contributed by atoms with Crippen LogP contribution in [0.2, 0.25) is 0 Å². The van der Waals surface area contributed by atoms with Crippen LogP contribution >= 0.6 is 0 Å². The van der Waals surface area contributed by atoms with E-state index >= 15 is 0 Å². The van der Waals surface area contributed by atoms with Crippen molar-refractivity contribution in [2.75, 3.05) is 5.43 Å². The standard InChI is InChI=1S/C17H17N3O2/c1-13-9-10-16(14(2)12-13)19-18-11-5-7-15-6-3-4-8-17(15)20(21)22/h3-12,19H,1-2H3/b7-5+,18-11+. The van der Waals surface area contributed by atoms with E-state index in [0.717, 1.165) is 11.3 Å². The van der Waals surface area contributed by atoms with Crippen molar-refractivity contribution < 1.29 is 4.92 Å². The van der Waals surface area contributed by atoms with Crippen LogP contribution in [-0.2, 0) is 0 Å². The highest BCUT2D eigenvalue weighted by Gasteiger charge is 2.08. The summed E-state index contributed by atoms with van der Waals surface area (Å²) in [7, 11) is 0. The predicted octanol–water partition coefficient (Wildman–Crippen LogP) is 4.32. The first-order valence-electron chi connectivity index (χ1n) is 6.84. The highest BCUT2D eigenvalue weighted by atomic mass is 16.6. The third-order valence-corrected chi connectivity index (χ3v) is 3.14. The number of nitro benzene ring substituents is 1. The summed E-state index contributed by atoms with van der Waals surface area (Å²) < 4.78 is 0. The third kappa shape index (κ3) is 4.02. The molecule has 0 radical (unpaired) electrons. The first-order chi connectivity index (χ1) is 10.6. The molecule has 0 aliphatic heterocycles. The molecule has 0 aromatic heterocycles. The topological polar surface area (TPSA) is 67.5 Å². The molecule has 2 aromatic carbocycles. The summed E-state index contributed by atoms with van der Waals surface area (Å²) in [5.41, 5.74) is 6.81. The minimum Gasteiger partial charge on any atom is -0.278 e. The monoisotopic (exact) mass is 295 g/mol. The Kier molecular flexibility index (Phi) is 5.03. The average molecular weight is 295 g/mol. The lowest BCUT2D eigenvalue weighted by Gasteiger charge is -2.04. The molecule has 0 amide bonds. The third-order valence-electron chi connectivity index (χ3n) is 3.14. The van der Waals surface area contributed by atoms with Gasteiger partial charge in [-0.15, -0.1) is 0 Å². The number of aryl methyl sites for hydroxylation is 2. The summed E-state index contributed by atoms with van der Waals surface area (Å²) in [6, 6.07) is 12.6. The highest BCUT2D eigenvalue weighted by molar-refractivity contribution is 5.80. The molecule has 0 bridgehead atoms. The fourth-order valence-corrected chi connectivity index (χ4v) is 2.03. The summed E-state index contributed by atoms with van der Waals surface area (Å²) in [6.07, 6.45) is 4.89. The lowest BCUT2D eigenvalue weighted by Crippen LogP contribution is -1.92. The van der Waals surface area contributed by atoms with E-state index in [1.54, 1.807) is 36.6 Å². The zero-order valence-corrected chi connectivity index (χ0v) is 12.5. The first-order valence-corrected chi connectivity index (χ1v) is 6.84. The largest absolute Gasteiger partial charge is 0.278 e. The molecule has 5 nitrogen and oxygen atoms in total. The van der Waals surface area contributed by atoms with Crippen LogP contribution in [0.1, 0.15) is 16.7 Å². The van der Waals surface area contributed by atoms with Gasteiger partial charge in [-0.2, -0.15) is 5.10 Å². The number of hydrazone groups is 1. The molecule has 0 saturated carbocycles. The molecule has 0 unspecified atom stereocenters. The number of benzene rings is 2. The lowest BCUT2D eigenvalue weighted by atomic mass is 10.1. The highest BCUT2D eigenvalue weighted by Crippen LogP contribution is 2.18. The van der Waals surface area contributed by atoms with Crippen LogP contribution in [0.15, 0.2) is 53.6 Å². The van der Waals surface area contributed by atoms with Crippen LogP contribution < -0.4 is 5.43 Å². The van der Waals surface area contributed by atoms with Crippen molar-refractivity contribution >= 4 is 23.7 Å². The molecule has 112 valence electrons. The number of nitrogens with zero attached hydrogens (tertiary/aromatic N) is 2. The van der Waals surface area contributed by atoms with Crippen molar-refractivity contribution in [1.82, 2.24) is 0 Å². The Hall–Kier alpha value is -2.95. The minimum atomic E-state index is -0.398. The number of nitro groups is 1. The number of allylic oxidation sites excluding steroid dienone is 1. The Bertz CT molecular complexity index is 736. The Morgan fingerprint density at radius 1 is 1.18 bits per heavy atom. The van der Waals surface area contributed by atoms with Crippen LogP contribution in [-0.4, -0.2) is 11.1 Å². The smallest absolute Gasteiger partial charge is 0.276 e. The maximum absolute atomic E-state index is 10.9. The van der Waals surface area contributed by atoms with Gasteiger partial charge in [-0.25, -0.2) is 0 Å². The van der Waals surface area contributed by atoms with Crippen LogP contribution in [0.25, 0.3) is 6.08 Å². The van der Waals surface area contributed by atoms with Crippen molar-refractivity contribution in [3.63, 3.8) is 0 Å². The molecular weight excluding hydrogens is 278 g/mol. The van der Waals surface area contributed by atoms with Crippen LogP contribution in [0.4, 0.5) is 11.4 Å². The van der Waals surface area contributed by atoms with Crippen molar-refractivity contribution in [2.24, 2.45) is 5.10 Å². The van der Waals surface area contributed by atoms with Crippen LogP contribution in [0, 0.1) is 24.0 Å². The van der Waals surface area contributed by atoms with E-state index in [2.05, 4.69) is 16.6 Å². The SMILES string of the molecule is Cc1ccc(N/N=C/C=C/c2ccccc2[N+](=O)[O-])c(C)c1. The maximum Gasteiger partial charge on any atom is 0.276 e. The van der Waals surface area contributed by atoms with Gasteiger partial charge in [-0.1, -0.05) is 29.8 Å².